The summed E-state index contributed by atoms with van der Waals surface area (Å²) in [6, 6.07) is 8.77. The van der Waals surface area contributed by atoms with Crippen molar-refractivity contribution in [1.29, 1.82) is 10.8 Å². The number of anilines is 1. The number of allylic oxidation sites excluding steroid dienone is 1. The van der Waals surface area contributed by atoms with E-state index in [-0.39, 0.29) is 23.3 Å². The van der Waals surface area contributed by atoms with Gasteiger partial charge in [0.1, 0.15) is 17.3 Å². The smallest absolute Gasteiger partial charge is 0.139 e. The van der Waals surface area contributed by atoms with Crippen LogP contribution < -0.4 is 10.6 Å². The zero-order valence-electron chi connectivity index (χ0n) is 20.3. The van der Waals surface area contributed by atoms with Crippen molar-refractivity contribution >= 4 is 28.8 Å². The lowest BCUT2D eigenvalue weighted by Gasteiger charge is -2.30. The number of para-hydroxylation sites is 1. The van der Waals surface area contributed by atoms with Crippen LogP contribution in [-0.4, -0.2) is 77.8 Å². The molecule has 9 heteroatoms. The molecule has 1 unspecified atom stereocenters. The number of nitrogens with two attached hydrogens (primary N) is 1. The first-order valence-corrected chi connectivity index (χ1v) is 11.8. The molecule has 1 fully saturated rings. The van der Waals surface area contributed by atoms with Crippen LogP contribution in [0.3, 0.4) is 0 Å². The summed E-state index contributed by atoms with van der Waals surface area (Å²) >= 11 is 6.54. The molecule has 1 aromatic heterocycles. The van der Waals surface area contributed by atoms with Gasteiger partial charge < -0.3 is 26.0 Å². The summed E-state index contributed by atoms with van der Waals surface area (Å²) in [5.41, 5.74) is 8.42. The van der Waals surface area contributed by atoms with Crippen molar-refractivity contribution in [1.82, 2.24) is 14.8 Å². The molecule has 0 aliphatic carbocycles. The van der Waals surface area contributed by atoms with E-state index < -0.39 is 0 Å². The topological polar surface area (TPSA) is 117 Å². The summed E-state index contributed by atoms with van der Waals surface area (Å²) in [6.07, 6.45) is 3.99. The van der Waals surface area contributed by atoms with Gasteiger partial charge in [0.25, 0.3) is 0 Å². The lowest BCUT2D eigenvalue weighted by atomic mass is 10.1. The van der Waals surface area contributed by atoms with E-state index >= 15 is 0 Å². The van der Waals surface area contributed by atoms with Crippen LogP contribution in [0.4, 0.5) is 5.69 Å². The van der Waals surface area contributed by atoms with E-state index in [9.17, 15) is 5.11 Å². The molecule has 1 aliphatic heterocycles. The van der Waals surface area contributed by atoms with Crippen molar-refractivity contribution in [2.45, 2.75) is 19.4 Å². The maximum Gasteiger partial charge on any atom is 0.139 e. The third-order valence-corrected chi connectivity index (χ3v) is 6.10. The first kappa shape index (κ1) is 26.1. The molecule has 0 amide bonds. The Morgan fingerprint density at radius 1 is 1.29 bits per heavy atom. The van der Waals surface area contributed by atoms with Crippen LogP contribution in [0.25, 0.3) is 0 Å². The minimum Gasteiger partial charge on any atom is -0.507 e. The lowest BCUT2D eigenvalue weighted by Crippen LogP contribution is -2.36. The fourth-order valence-electron chi connectivity index (χ4n) is 3.92. The highest BCUT2D eigenvalue weighted by atomic mass is 35.5. The third-order valence-electron chi connectivity index (χ3n) is 5.81. The zero-order chi connectivity index (χ0) is 25.5. The number of nitrogens with one attached hydrogen (secondary N) is 2. The maximum atomic E-state index is 10.1. The molecule has 0 radical (unpaired) electrons. The molecule has 184 valence electrons. The van der Waals surface area contributed by atoms with E-state index in [0.717, 1.165) is 12.1 Å². The van der Waals surface area contributed by atoms with E-state index in [1.165, 1.54) is 6.07 Å². The van der Waals surface area contributed by atoms with E-state index in [4.69, 9.17) is 28.2 Å². The van der Waals surface area contributed by atoms with Gasteiger partial charge in [-0.1, -0.05) is 29.7 Å². The quantitative estimate of drug-likeness (QED) is 0.279. The first-order valence-electron chi connectivity index (χ1n) is 11.4. The van der Waals surface area contributed by atoms with Crippen molar-refractivity contribution in [2.24, 2.45) is 5.73 Å². The van der Waals surface area contributed by atoms with Gasteiger partial charge in [-0.3, -0.25) is 10.3 Å². The number of phenolic OH excluding ortho intramolecular Hbond substituents is 1. The monoisotopic (exact) mass is 493 g/mol. The van der Waals surface area contributed by atoms with Crippen molar-refractivity contribution in [3.8, 4) is 17.6 Å². The predicted octanol–water partition coefficient (Wildman–Crippen LogP) is 3.14. The highest BCUT2D eigenvalue weighted by Gasteiger charge is 2.25. The number of rotatable bonds is 6. The Morgan fingerprint density at radius 3 is 2.71 bits per heavy atom. The van der Waals surface area contributed by atoms with Crippen LogP contribution in [0.5, 0.6) is 5.75 Å². The van der Waals surface area contributed by atoms with Crippen LogP contribution in [0.15, 0.2) is 48.3 Å². The molecular formula is C26H32ClN7O. The van der Waals surface area contributed by atoms with E-state index in [0.29, 0.717) is 48.2 Å². The number of halogens is 1. The fourth-order valence-corrected chi connectivity index (χ4v) is 4.13. The fraction of sp³-hybridized carbons (Fsp3) is 0.346. The van der Waals surface area contributed by atoms with Crippen LogP contribution in [0.1, 0.15) is 24.6 Å². The number of amidine groups is 1. The van der Waals surface area contributed by atoms with Gasteiger partial charge in [-0.05, 0) is 57.6 Å². The molecule has 2 aromatic rings. The molecule has 0 saturated carbocycles. The van der Waals surface area contributed by atoms with Crippen molar-refractivity contribution < 1.29 is 5.11 Å². The molecule has 35 heavy (non-hydrogen) atoms. The van der Waals surface area contributed by atoms with E-state index in [1.807, 2.05) is 30.0 Å². The van der Waals surface area contributed by atoms with E-state index in [2.05, 4.69) is 28.6 Å². The van der Waals surface area contributed by atoms with Crippen molar-refractivity contribution in [3.05, 3.63) is 64.6 Å². The highest BCUT2D eigenvalue weighted by molar-refractivity contribution is 6.33. The SMILES string of the molecule is CC1CCN(/C(=C/C(=N)c2ccccc2O)C(=N)N)CCN1c1cc(C#CCN(C)C)ncc1Cl. The molecule has 5 N–H and O–H groups in total. The molecule has 8 nitrogen and oxygen atoms in total. The van der Waals surface area contributed by atoms with Crippen LogP contribution in [0.2, 0.25) is 5.02 Å². The van der Waals surface area contributed by atoms with Crippen LogP contribution >= 0.6 is 11.6 Å². The number of hydrogen-bond donors (Lipinski definition) is 4. The Balaban J connectivity index is 1.83. The van der Waals surface area contributed by atoms with Crippen LogP contribution in [-0.2, 0) is 0 Å². The van der Waals surface area contributed by atoms with Gasteiger partial charge >= 0.3 is 0 Å². The first-order chi connectivity index (χ1) is 16.7. The molecule has 1 atom stereocenters. The van der Waals surface area contributed by atoms with Gasteiger partial charge in [0.15, 0.2) is 0 Å². The Morgan fingerprint density at radius 2 is 2.03 bits per heavy atom. The number of pyridine rings is 1. The molecule has 1 saturated heterocycles. The molecule has 1 aliphatic rings. The lowest BCUT2D eigenvalue weighted by molar-refractivity contribution is 0.382. The molecule has 3 rings (SSSR count). The van der Waals surface area contributed by atoms with Crippen LogP contribution in [0, 0.1) is 22.7 Å². The number of phenols is 1. The Bertz CT molecular complexity index is 1180. The Hall–Kier alpha value is -3.54. The van der Waals surface area contributed by atoms with Gasteiger partial charge in [-0.25, -0.2) is 4.98 Å². The summed E-state index contributed by atoms with van der Waals surface area (Å²) in [7, 11) is 3.93. The zero-order valence-corrected chi connectivity index (χ0v) is 21.1. The second-order valence-electron chi connectivity index (χ2n) is 8.75. The van der Waals surface area contributed by atoms with E-state index in [1.54, 1.807) is 30.5 Å². The summed E-state index contributed by atoms with van der Waals surface area (Å²) in [4.78, 5) is 10.6. The number of nitrogens with zero attached hydrogens (tertiary/aromatic N) is 4. The molecule has 1 aromatic carbocycles. The number of hydrogen-bond acceptors (Lipinski definition) is 7. The average Bonchev–Trinajstić information content (AvgIpc) is 3.00. The second kappa shape index (κ2) is 11.7. The molecule has 0 spiro atoms. The van der Waals surface area contributed by atoms with Gasteiger partial charge in [0.05, 0.1) is 28.7 Å². The van der Waals surface area contributed by atoms with Gasteiger partial charge in [0, 0.05) is 37.4 Å². The largest absolute Gasteiger partial charge is 0.507 e. The summed E-state index contributed by atoms with van der Waals surface area (Å²) in [5, 5.41) is 27.3. The normalized spacial score (nSPS) is 16.5. The summed E-state index contributed by atoms with van der Waals surface area (Å²) < 4.78 is 0. The number of benzene rings is 1. The Kier molecular flexibility index (Phi) is 8.74. The summed E-state index contributed by atoms with van der Waals surface area (Å²) in [5.74, 6) is 6.10. The minimum atomic E-state index is -0.119. The average molecular weight is 494 g/mol. The van der Waals surface area contributed by atoms with Gasteiger partial charge in [0.2, 0.25) is 0 Å². The maximum absolute atomic E-state index is 10.1. The van der Waals surface area contributed by atoms with Crippen molar-refractivity contribution in [2.75, 3.05) is 45.2 Å². The molecular weight excluding hydrogens is 462 g/mol. The van der Waals surface area contributed by atoms with Crippen molar-refractivity contribution in [3.63, 3.8) is 0 Å². The molecule has 2 heterocycles. The third kappa shape index (κ3) is 6.75. The minimum absolute atomic E-state index is 0.0177. The number of aromatic hydroxyl groups is 1. The Labute approximate surface area is 212 Å². The number of aromatic nitrogens is 1. The highest BCUT2D eigenvalue weighted by Crippen LogP contribution is 2.30. The standard InChI is InChI=1S/C26H32ClN7O/c1-18-10-12-33(24(26(29)30)16-22(28)20-8-4-5-9-25(20)35)13-14-34(18)23-15-19(31-17-21(23)27)7-6-11-32(2)3/h4-5,8-9,15-18,28,35H,10-14H2,1-3H3,(H3,29,30)/b24-16+,28-22?. The second-order valence-corrected chi connectivity index (χ2v) is 9.16. The summed E-state index contributed by atoms with van der Waals surface area (Å²) in [6.45, 7) is 4.67. The van der Waals surface area contributed by atoms with Gasteiger partial charge in [-0.15, -0.1) is 0 Å². The molecule has 0 bridgehead atoms. The van der Waals surface area contributed by atoms with Gasteiger partial charge in [-0.2, -0.15) is 0 Å². The predicted molar refractivity (Wildman–Crippen MR) is 143 cm³/mol.